The summed E-state index contributed by atoms with van der Waals surface area (Å²) in [4.78, 5) is 13.1. The van der Waals surface area contributed by atoms with Crippen molar-refractivity contribution in [3.63, 3.8) is 0 Å². The lowest BCUT2D eigenvalue weighted by molar-refractivity contribution is 0.598. The van der Waals surface area contributed by atoms with Crippen LogP contribution in [0, 0.1) is 0 Å². The van der Waals surface area contributed by atoms with Gasteiger partial charge in [0.25, 0.3) is 0 Å². The van der Waals surface area contributed by atoms with Crippen LogP contribution in [-0.2, 0) is 7.05 Å². The van der Waals surface area contributed by atoms with Gasteiger partial charge in [0.1, 0.15) is 0 Å². The van der Waals surface area contributed by atoms with Gasteiger partial charge in [-0.15, -0.1) is 5.10 Å². The Morgan fingerprint density at radius 1 is 1.62 bits per heavy atom. The first-order chi connectivity index (χ1) is 7.60. The fourth-order valence-corrected chi connectivity index (χ4v) is 1.35. The Morgan fingerprint density at radius 2 is 2.31 bits per heavy atom. The number of hydrogen-bond acceptors (Lipinski definition) is 4. The molecule has 0 unspecified atom stereocenters. The zero-order chi connectivity index (χ0) is 12.1. The van der Waals surface area contributed by atoms with E-state index in [1.807, 2.05) is 7.05 Å². The summed E-state index contributed by atoms with van der Waals surface area (Å²) in [6, 6.07) is 3.19. The average Bonchev–Trinajstić information content (AvgIpc) is 2.29. The second-order valence-electron chi connectivity index (χ2n) is 3.27. The molecule has 0 fully saturated rings. The van der Waals surface area contributed by atoms with E-state index in [2.05, 4.69) is 29.5 Å². The number of hydrogen-bond donors (Lipinski definition) is 1. The van der Waals surface area contributed by atoms with E-state index >= 15 is 0 Å². The third kappa shape index (κ3) is 2.73. The largest absolute Gasteiger partial charge is 0.349 e. The average molecular weight is 238 g/mol. The molecule has 0 bridgehead atoms. The molecule has 0 saturated carbocycles. The lowest BCUT2D eigenvalue weighted by atomic mass is 10.2. The van der Waals surface area contributed by atoms with Crippen molar-refractivity contribution >= 4 is 25.2 Å². The minimum absolute atomic E-state index is 0.0665. The van der Waals surface area contributed by atoms with Crippen LogP contribution in [0.5, 0.6) is 0 Å². The molecular weight excluding hydrogens is 224 g/mol. The van der Waals surface area contributed by atoms with Gasteiger partial charge >= 0.3 is 0 Å². The third-order valence-corrected chi connectivity index (χ3v) is 2.51. The predicted octanol–water partition coefficient (Wildman–Crippen LogP) is 0.567. The first-order valence-corrected chi connectivity index (χ1v) is 5.26. The number of nitrogens with zero attached hydrogens (tertiary/aromatic N) is 4. The minimum atomic E-state index is -0.0665. The topological polar surface area (TPSA) is 50.0 Å². The fourth-order valence-electron chi connectivity index (χ4n) is 1.21. The van der Waals surface area contributed by atoms with Gasteiger partial charge in [-0.2, -0.15) is 17.7 Å². The van der Waals surface area contributed by atoms with E-state index in [0.717, 1.165) is 5.56 Å². The van der Waals surface area contributed by atoms with Gasteiger partial charge in [-0.25, -0.2) is 0 Å². The molecule has 1 aromatic heterocycles. The SMILES string of the molecule is C=N/N=C(/c1ccc(=O)n(C)c1)N(C)CS. The molecule has 0 aliphatic heterocycles. The Labute approximate surface area is 99.5 Å². The molecule has 6 heteroatoms. The van der Waals surface area contributed by atoms with Gasteiger partial charge in [0, 0.05) is 38.6 Å². The zero-order valence-corrected chi connectivity index (χ0v) is 10.2. The van der Waals surface area contributed by atoms with Gasteiger partial charge in [-0.05, 0) is 6.07 Å². The van der Waals surface area contributed by atoms with Crippen molar-refractivity contribution < 1.29 is 0 Å². The van der Waals surface area contributed by atoms with Crippen molar-refractivity contribution in [2.24, 2.45) is 17.3 Å². The van der Waals surface area contributed by atoms with Crippen molar-refractivity contribution in [1.29, 1.82) is 0 Å². The summed E-state index contributed by atoms with van der Waals surface area (Å²) in [5.74, 6) is 1.12. The number of aromatic nitrogens is 1. The Kier molecular flexibility index (Phi) is 4.30. The van der Waals surface area contributed by atoms with Gasteiger partial charge in [-0.1, -0.05) is 0 Å². The van der Waals surface area contributed by atoms with Gasteiger partial charge in [0.15, 0.2) is 5.84 Å². The molecule has 86 valence electrons. The minimum Gasteiger partial charge on any atom is -0.349 e. The summed E-state index contributed by atoms with van der Waals surface area (Å²) in [7, 11) is 3.52. The van der Waals surface area contributed by atoms with Crippen molar-refractivity contribution in [2.75, 3.05) is 12.9 Å². The molecule has 5 nitrogen and oxygen atoms in total. The second-order valence-corrected chi connectivity index (χ2v) is 3.55. The highest BCUT2D eigenvalue weighted by molar-refractivity contribution is 7.80. The Balaban J connectivity index is 3.22. The van der Waals surface area contributed by atoms with E-state index in [1.54, 1.807) is 24.2 Å². The Bertz CT molecular complexity index is 466. The van der Waals surface area contributed by atoms with Gasteiger partial charge in [-0.3, -0.25) is 4.79 Å². The van der Waals surface area contributed by atoms with Crippen LogP contribution in [0.15, 0.2) is 33.3 Å². The molecular formula is C10H14N4OS. The summed E-state index contributed by atoms with van der Waals surface area (Å²) < 4.78 is 1.49. The van der Waals surface area contributed by atoms with Crippen LogP contribution in [0.25, 0.3) is 0 Å². The molecule has 0 spiro atoms. The molecule has 1 aromatic rings. The highest BCUT2D eigenvalue weighted by atomic mass is 32.1. The van der Waals surface area contributed by atoms with Crippen molar-refractivity contribution in [3.05, 3.63) is 34.2 Å². The molecule has 1 rings (SSSR count). The standard InChI is InChI=1S/C10H14N4OS/c1-11-12-10(14(3)7-16)8-4-5-9(15)13(2)6-8/h4-6,16H,1,7H2,2-3H3/b12-10-. The molecule has 0 amide bonds. The van der Waals surface area contributed by atoms with Crippen LogP contribution >= 0.6 is 12.6 Å². The van der Waals surface area contributed by atoms with Crippen LogP contribution in [0.3, 0.4) is 0 Å². The molecule has 0 N–H and O–H groups in total. The van der Waals surface area contributed by atoms with E-state index in [4.69, 9.17) is 0 Å². The van der Waals surface area contributed by atoms with Crippen molar-refractivity contribution in [2.45, 2.75) is 0 Å². The molecule has 1 heterocycles. The molecule has 16 heavy (non-hydrogen) atoms. The van der Waals surface area contributed by atoms with Crippen LogP contribution in [0.2, 0.25) is 0 Å². The van der Waals surface area contributed by atoms with E-state index in [9.17, 15) is 4.79 Å². The number of aryl methyl sites for hydroxylation is 1. The monoisotopic (exact) mass is 238 g/mol. The highest BCUT2D eigenvalue weighted by Gasteiger charge is 2.09. The van der Waals surface area contributed by atoms with Crippen LogP contribution in [0.1, 0.15) is 5.56 Å². The fraction of sp³-hybridized carbons (Fsp3) is 0.300. The van der Waals surface area contributed by atoms with Crippen LogP contribution in [0.4, 0.5) is 0 Å². The molecule has 0 aliphatic carbocycles. The molecule has 0 radical (unpaired) electrons. The van der Waals surface area contributed by atoms with Crippen LogP contribution in [-0.4, -0.2) is 34.9 Å². The summed E-state index contributed by atoms with van der Waals surface area (Å²) in [6.45, 7) is 3.33. The molecule has 0 saturated heterocycles. The smallest absolute Gasteiger partial charge is 0.250 e. The number of amidine groups is 1. The van der Waals surface area contributed by atoms with Crippen molar-refractivity contribution in [1.82, 2.24) is 9.47 Å². The van der Waals surface area contributed by atoms with Crippen molar-refractivity contribution in [3.8, 4) is 0 Å². The number of thiol groups is 1. The first-order valence-electron chi connectivity index (χ1n) is 4.63. The number of rotatable bonds is 3. The third-order valence-electron chi connectivity index (χ3n) is 2.08. The molecule has 0 atom stereocenters. The summed E-state index contributed by atoms with van der Waals surface area (Å²) in [5, 5.41) is 7.44. The first kappa shape index (κ1) is 12.5. The Hall–Kier alpha value is -1.56. The Morgan fingerprint density at radius 3 is 2.81 bits per heavy atom. The van der Waals surface area contributed by atoms with Gasteiger partial charge in [0.05, 0.1) is 5.88 Å². The maximum atomic E-state index is 11.2. The van der Waals surface area contributed by atoms with Gasteiger partial charge in [0.2, 0.25) is 5.56 Å². The summed E-state index contributed by atoms with van der Waals surface area (Å²) >= 11 is 4.16. The van der Waals surface area contributed by atoms with E-state index in [1.165, 1.54) is 10.6 Å². The van der Waals surface area contributed by atoms with E-state index in [0.29, 0.717) is 11.7 Å². The molecule has 0 aliphatic rings. The highest BCUT2D eigenvalue weighted by Crippen LogP contribution is 2.03. The van der Waals surface area contributed by atoms with Crippen LogP contribution < -0.4 is 5.56 Å². The zero-order valence-electron chi connectivity index (χ0n) is 9.29. The quantitative estimate of drug-likeness (QED) is 0.275. The van der Waals surface area contributed by atoms with E-state index in [-0.39, 0.29) is 5.56 Å². The molecule has 0 aromatic carbocycles. The number of pyridine rings is 1. The normalized spacial score (nSPS) is 11.3. The lowest BCUT2D eigenvalue weighted by Crippen LogP contribution is -2.28. The van der Waals surface area contributed by atoms with E-state index < -0.39 is 0 Å². The maximum Gasteiger partial charge on any atom is 0.250 e. The summed E-state index contributed by atoms with van der Waals surface area (Å²) in [5.41, 5.74) is 0.731. The van der Waals surface area contributed by atoms with Gasteiger partial charge < -0.3 is 9.47 Å². The lowest BCUT2D eigenvalue weighted by Gasteiger charge is -2.17. The maximum absolute atomic E-state index is 11.2. The summed E-state index contributed by atoms with van der Waals surface area (Å²) in [6.07, 6.45) is 1.70. The second kappa shape index (κ2) is 5.50. The predicted molar refractivity (Wildman–Crippen MR) is 69.4 cm³/mol.